The molecule has 0 unspecified atom stereocenters. The summed E-state index contributed by atoms with van der Waals surface area (Å²) in [7, 11) is 1.85. The molecule has 174 valence electrons. The molecule has 33 heavy (non-hydrogen) atoms. The molecule has 1 heterocycles. The van der Waals surface area contributed by atoms with E-state index in [1.54, 1.807) is 12.1 Å². The van der Waals surface area contributed by atoms with Gasteiger partial charge in [0.05, 0.1) is 11.8 Å². The first kappa shape index (κ1) is 25.2. The number of thioether (sulfide) groups is 1. The van der Waals surface area contributed by atoms with Crippen LogP contribution in [0.1, 0.15) is 47.2 Å². The third kappa shape index (κ3) is 6.35. The maximum atomic E-state index is 12.7. The Labute approximate surface area is 212 Å². The van der Waals surface area contributed by atoms with Gasteiger partial charge in [-0.1, -0.05) is 43.8 Å². The first-order chi connectivity index (χ1) is 15.7. The maximum Gasteiger partial charge on any atom is 0.251 e. The second-order valence-corrected chi connectivity index (χ2v) is 10.4. The van der Waals surface area contributed by atoms with Gasteiger partial charge in [0.25, 0.3) is 5.91 Å². The Balaban J connectivity index is 1.68. The number of hydrogen-bond donors (Lipinski definition) is 2. The van der Waals surface area contributed by atoms with E-state index in [1.165, 1.54) is 11.8 Å². The number of aromatic nitrogens is 3. The fraction of sp³-hybridized carbons (Fsp3) is 0.333. The smallest absolute Gasteiger partial charge is 0.251 e. The summed E-state index contributed by atoms with van der Waals surface area (Å²) in [5.74, 6) is 0.707. The van der Waals surface area contributed by atoms with Crippen molar-refractivity contribution in [3.05, 3.63) is 68.5 Å². The topological polar surface area (TPSA) is 88.9 Å². The van der Waals surface area contributed by atoms with Crippen molar-refractivity contribution in [2.45, 2.75) is 38.9 Å². The molecule has 9 heteroatoms. The summed E-state index contributed by atoms with van der Waals surface area (Å²) in [6, 6.07) is 12.9. The Morgan fingerprint density at radius 3 is 2.33 bits per heavy atom. The zero-order valence-electron chi connectivity index (χ0n) is 19.3. The summed E-state index contributed by atoms with van der Waals surface area (Å²) in [5.41, 5.74) is 3.51. The van der Waals surface area contributed by atoms with Crippen molar-refractivity contribution in [2.24, 2.45) is 13.0 Å². The zero-order chi connectivity index (χ0) is 24.1. The lowest BCUT2D eigenvalue weighted by atomic mass is 10.0. The predicted octanol–water partition coefficient (Wildman–Crippen LogP) is 4.89. The molecule has 2 aromatic carbocycles. The number of rotatable bonds is 8. The van der Waals surface area contributed by atoms with Crippen molar-refractivity contribution in [3.63, 3.8) is 0 Å². The van der Waals surface area contributed by atoms with Gasteiger partial charge in [-0.2, -0.15) is 0 Å². The molecule has 7 nitrogen and oxygen atoms in total. The van der Waals surface area contributed by atoms with Gasteiger partial charge in [0.2, 0.25) is 5.91 Å². The molecule has 0 bridgehead atoms. The molecule has 3 rings (SSSR count). The summed E-state index contributed by atoms with van der Waals surface area (Å²) in [5, 5.41) is 15.3. The highest BCUT2D eigenvalue weighted by atomic mass is 127. The van der Waals surface area contributed by atoms with Gasteiger partial charge in [-0.05, 0) is 77.7 Å². The molecule has 2 amide bonds. The molecule has 0 aliphatic heterocycles. The Kier molecular flexibility index (Phi) is 8.52. The van der Waals surface area contributed by atoms with Gasteiger partial charge in [-0.15, -0.1) is 10.2 Å². The molecule has 1 atom stereocenters. The highest BCUT2D eigenvalue weighted by Crippen LogP contribution is 2.26. The lowest BCUT2D eigenvalue weighted by Gasteiger charge is -2.21. The summed E-state index contributed by atoms with van der Waals surface area (Å²) in [6.07, 6.45) is 0. The molecular weight excluding hydrogens is 549 g/mol. The Bertz CT molecular complexity index is 1120. The number of carbonyl (C=O) groups excluding carboxylic acids is 2. The Morgan fingerprint density at radius 2 is 1.73 bits per heavy atom. The van der Waals surface area contributed by atoms with E-state index in [-0.39, 0.29) is 29.5 Å². The van der Waals surface area contributed by atoms with Crippen molar-refractivity contribution in [2.75, 3.05) is 11.1 Å². The molecule has 0 spiro atoms. The minimum atomic E-state index is -0.310. The lowest BCUT2D eigenvalue weighted by molar-refractivity contribution is -0.113. The maximum absolute atomic E-state index is 12.7. The number of anilines is 1. The number of amides is 2. The van der Waals surface area contributed by atoms with E-state index < -0.39 is 0 Å². The summed E-state index contributed by atoms with van der Waals surface area (Å²) in [6.45, 7) is 8.03. The van der Waals surface area contributed by atoms with Gasteiger partial charge in [0.1, 0.15) is 0 Å². The van der Waals surface area contributed by atoms with Gasteiger partial charge < -0.3 is 15.2 Å². The van der Waals surface area contributed by atoms with Crippen LogP contribution in [0.5, 0.6) is 0 Å². The van der Waals surface area contributed by atoms with E-state index in [0.29, 0.717) is 16.5 Å². The third-order valence-corrected chi connectivity index (χ3v) is 6.87. The number of benzene rings is 2. The summed E-state index contributed by atoms with van der Waals surface area (Å²) in [4.78, 5) is 25.3. The van der Waals surface area contributed by atoms with Crippen molar-refractivity contribution >= 4 is 51.9 Å². The fourth-order valence-corrected chi connectivity index (χ4v) is 5.13. The number of aryl methyl sites for hydroxylation is 2. The quantitative estimate of drug-likeness (QED) is 0.294. The largest absolute Gasteiger partial charge is 0.342 e. The van der Waals surface area contributed by atoms with E-state index in [9.17, 15) is 9.59 Å². The van der Waals surface area contributed by atoms with Crippen molar-refractivity contribution in [3.8, 4) is 0 Å². The molecule has 3 aromatic rings. The fourth-order valence-electron chi connectivity index (χ4n) is 3.48. The molecule has 0 aliphatic carbocycles. The number of halogens is 1. The van der Waals surface area contributed by atoms with E-state index in [1.807, 2.05) is 69.6 Å². The molecular formula is C24H28IN5O2S. The van der Waals surface area contributed by atoms with E-state index in [4.69, 9.17) is 0 Å². The second-order valence-electron chi connectivity index (χ2n) is 8.21. The summed E-state index contributed by atoms with van der Waals surface area (Å²) < 4.78 is 2.98. The molecule has 0 radical (unpaired) electrons. The molecule has 1 aromatic heterocycles. The van der Waals surface area contributed by atoms with Gasteiger partial charge >= 0.3 is 0 Å². The van der Waals surface area contributed by atoms with Gasteiger partial charge in [0, 0.05) is 21.9 Å². The number of hydrogen-bond acceptors (Lipinski definition) is 5. The van der Waals surface area contributed by atoms with Gasteiger partial charge in [-0.3, -0.25) is 9.59 Å². The molecule has 0 fully saturated rings. The predicted molar refractivity (Wildman–Crippen MR) is 140 cm³/mol. The van der Waals surface area contributed by atoms with E-state index >= 15 is 0 Å². The normalized spacial score (nSPS) is 12.0. The SMILES string of the molecule is Cc1cc(I)cc(C)c1NC(=O)CSc1nnc([C@@H](NC(=O)c2ccccc2)C(C)C)n1C. The average molecular weight is 577 g/mol. The van der Waals surface area contributed by atoms with Gasteiger partial charge in [-0.25, -0.2) is 0 Å². The second kappa shape index (κ2) is 11.1. The third-order valence-electron chi connectivity index (χ3n) is 5.23. The first-order valence-electron chi connectivity index (χ1n) is 10.6. The molecule has 0 saturated carbocycles. The van der Waals surface area contributed by atoms with Crippen LogP contribution < -0.4 is 10.6 Å². The highest BCUT2D eigenvalue weighted by molar-refractivity contribution is 14.1. The Morgan fingerprint density at radius 1 is 1.09 bits per heavy atom. The summed E-state index contributed by atoms with van der Waals surface area (Å²) >= 11 is 3.59. The van der Waals surface area contributed by atoms with Crippen LogP contribution in [0.25, 0.3) is 0 Å². The van der Waals surface area contributed by atoms with Crippen molar-refractivity contribution < 1.29 is 9.59 Å². The van der Waals surface area contributed by atoms with Crippen LogP contribution in [-0.2, 0) is 11.8 Å². The van der Waals surface area contributed by atoms with Crippen LogP contribution >= 0.6 is 34.4 Å². The number of nitrogens with one attached hydrogen (secondary N) is 2. The highest BCUT2D eigenvalue weighted by Gasteiger charge is 2.25. The van der Waals surface area contributed by atoms with E-state index in [2.05, 4.69) is 43.4 Å². The first-order valence-corrected chi connectivity index (χ1v) is 12.7. The standard InChI is InChI=1S/C24H28IN5O2S/c1-14(2)20(27-23(32)17-9-7-6-8-10-17)22-28-29-24(30(22)5)33-13-19(31)26-21-15(3)11-18(25)12-16(21)4/h6-12,14,20H,13H2,1-5H3,(H,26,31)(H,27,32)/t20-/m0/s1. The van der Waals surface area contributed by atoms with Crippen molar-refractivity contribution in [1.29, 1.82) is 0 Å². The van der Waals surface area contributed by atoms with Gasteiger partial charge in [0.15, 0.2) is 11.0 Å². The monoisotopic (exact) mass is 577 g/mol. The van der Waals surface area contributed by atoms with Crippen molar-refractivity contribution in [1.82, 2.24) is 20.1 Å². The Hall–Kier alpha value is -2.40. The van der Waals surface area contributed by atoms with E-state index in [0.717, 1.165) is 20.4 Å². The molecule has 0 aliphatic rings. The minimum Gasteiger partial charge on any atom is -0.342 e. The molecule has 2 N–H and O–H groups in total. The van der Waals surface area contributed by atoms with Crippen LogP contribution in [0.2, 0.25) is 0 Å². The van der Waals surface area contributed by atoms with Crippen LogP contribution in [0.3, 0.4) is 0 Å². The average Bonchev–Trinajstić information content (AvgIpc) is 3.13. The number of carbonyl (C=O) groups is 2. The molecule has 0 saturated heterocycles. The van der Waals surface area contributed by atoms with Crippen LogP contribution in [0, 0.1) is 23.3 Å². The minimum absolute atomic E-state index is 0.102. The zero-order valence-corrected chi connectivity index (χ0v) is 22.3. The lowest BCUT2D eigenvalue weighted by Crippen LogP contribution is -2.33. The van der Waals surface area contributed by atoms with Crippen LogP contribution in [0.15, 0.2) is 47.6 Å². The number of nitrogens with zero attached hydrogens (tertiary/aromatic N) is 3. The van der Waals surface area contributed by atoms with Crippen LogP contribution in [0.4, 0.5) is 5.69 Å². The van der Waals surface area contributed by atoms with Crippen LogP contribution in [-0.4, -0.2) is 32.3 Å².